The third-order valence-corrected chi connectivity index (χ3v) is 4.23. The Morgan fingerprint density at radius 1 is 0.536 bits per heavy atom. The fraction of sp³-hybridized carbons (Fsp3) is 0. The normalized spacial score (nSPS) is 10.1. The van der Waals surface area contributed by atoms with E-state index in [-0.39, 0.29) is 0 Å². The molecule has 0 radical (unpaired) electrons. The number of hydrogen-bond donors (Lipinski definition) is 0. The Hall–Kier alpha value is -4.28. The molecule has 0 aliphatic heterocycles. The van der Waals surface area contributed by atoms with Crippen LogP contribution in [0.5, 0.6) is 23.0 Å². The van der Waals surface area contributed by atoms with Crippen molar-refractivity contribution in [2.45, 2.75) is 0 Å². The second-order valence-corrected chi connectivity index (χ2v) is 6.12. The molecular formula is C24H14N2O2. The Morgan fingerprint density at radius 3 is 1.29 bits per heavy atom. The van der Waals surface area contributed by atoms with Crippen LogP contribution in [0, 0.1) is 22.7 Å². The summed E-state index contributed by atoms with van der Waals surface area (Å²) in [6, 6.07) is 29.8. The van der Waals surface area contributed by atoms with Gasteiger partial charge in [0.2, 0.25) is 0 Å². The maximum absolute atomic E-state index is 8.95. The highest BCUT2D eigenvalue weighted by molar-refractivity contribution is 5.86. The van der Waals surface area contributed by atoms with Gasteiger partial charge in [0.25, 0.3) is 0 Å². The van der Waals surface area contributed by atoms with Gasteiger partial charge in [-0.15, -0.1) is 0 Å². The molecule has 0 fully saturated rings. The lowest BCUT2D eigenvalue weighted by atomic mass is 10.1. The summed E-state index contributed by atoms with van der Waals surface area (Å²) in [4.78, 5) is 0. The van der Waals surface area contributed by atoms with E-state index in [2.05, 4.69) is 12.1 Å². The molecule has 4 aromatic rings. The molecule has 0 aliphatic carbocycles. The Morgan fingerprint density at radius 2 is 0.929 bits per heavy atom. The maximum Gasteiger partial charge on any atom is 0.170 e. The highest BCUT2D eigenvalue weighted by atomic mass is 16.5. The molecular weight excluding hydrogens is 348 g/mol. The Labute approximate surface area is 162 Å². The molecule has 0 saturated heterocycles. The van der Waals surface area contributed by atoms with Gasteiger partial charge < -0.3 is 9.47 Å². The largest absolute Gasteiger partial charge is 0.453 e. The zero-order valence-electron chi connectivity index (χ0n) is 14.8. The van der Waals surface area contributed by atoms with E-state index in [1.165, 1.54) is 0 Å². The molecule has 0 amide bonds. The first-order valence-electron chi connectivity index (χ1n) is 8.64. The van der Waals surface area contributed by atoms with Gasteiger partial charge in [0, 0.05) is 0 Å². The molecule has 0 atom stereocenters. The molecule has 4 heteroatoms. The minimum absolute atomic E-state index is 0.563. The second-order valence-electron chi connectivity index (χ2n) is 6.12. The monoisotopic (exact) mass is 362 g/mol. The number of rotatable bonds is 4. The van der Waals surface area contributed by atoms with E-state index in [4.69, 9.17) is 20.0 Å². The quantitative estimate of drug-likeness (QED) is 0.435. The Balaban J connectivity index is 1.72. The molecule has 28 heavy (non-hydrogen) atoms. The Bertz CT molecular complexity index is 1120. The number of fused-ring (bicyclic) bond motifs is 1. The van der Waals surface area contributed by atoms with Crippen LogP contribution >= 0.6 is 0 Å². The molecule has 0 aromatic heterocycles. The molecule has 0 N–H and O–H groups in total. The van der Waals surface area contributed by atoms with Crippen molar-refractivity contribution in [2.75, 3.05) is 0 Å². The van der Waals surface area contributed by atoms with Gasteiger partial charge in [-0.25, -0.2) is 0 Å². The molecule has 0 bridgehead atoms. The molecule has 4 aromatic carbocycles. The molecule has 0 aliphatic rings. The molecule has 0 unspecified atom stereocenters. The van der Waals surface area contributed by atoms with Crippen molar-refractivity contribution in [1.29, 1.82) is 10.5 Å². The van der Waals surface area contributed by atoms with E-state index >= 15 is 0 Å². The lowest BCUT2D eigenvalue weighted by Gasteiger charge is -2.14. The van der Waals surface area contributed by atoms with E-state index < -0.39 is 0 Å². The van der Waals surface area contributed by atoms with Crippen molar-refractivity contribution in [3.63, 3.8) is 0 Å². The van der Waals surface area contributed by atoms with Crippen LogP contribution in [-0.4, -0.2) is 0 Å². The van der Waals surface area contributed by atoms with Crippen LogP contribution in [0.3, 0.4) is 0 Å². The van der Waals surface area contributed by atoms with Gasteiger partial charge in [-0.1, -0.05) is 24.3 Å². The fourth-order valence-electron chi connectivity index (χ4n) is 2.81. The van der Waals surface area contributed by atoms with Gasteiger partial charge in [-0.3, -0.25) is 0 Å². The summed E-state index contributed by atoms with van der Waals surface area (Å²) >= 11 is 0. The first-order chi connectivity index (χ1) is 13.7. The van der Waals surface area contributed by atoms with E-state index in [9.17, 15) is 0 Å². The van der Waals surface area contributed by atoms with Crippen LogP contribution in [0.25, 0.3) is 10.8 Å². The van der Waals surface area contributed by atoms with Crippen LogP contribution in [0.2, 0.25) is 0 Å². The highest BCUT2D eigenvalue weighted by Crippen LogP contribution is 2.38. The van der Waals surface area contributed by atoms with E-state index in [0.717, 1.165) is 10.8 Å². The Kier molecular flexibility index (Phi) is 4.61. The topological polar surface area (TPSA) is 66.0 Å². The summed E-state index contributed by atoms with van der Waals surface area (Å²) in [5, 5.41) is 20.0. The standard InChI is InChI=1S/C24H14N2O2/c25-15-17-5-9-21(10-6-17)27-23-13-19-3-1-2-4-20(19)14-24(23)28-22-11-7-18(16-26)8-12-22/h1-14H. The summed E-state index contributed by atoms with van der Waals surface area (Å²) in [7, 11) is 0. The van der Waals surface area contributed by atoms with Gasteiger partial charge in [0.1, 0.15) is 11.5 Å². The van der Waals surface area contributed by atoms with E-state index in [1.54, 1.807) is 48.5 Å². The SMILES string of the molecule is N#Cc1ccc(Oc2cc3ccccc3cc2Oc2ccc(C#N)cc2)cc1. The van der Waals surface area contributed by atoms with Crippen molar-refractivity contribution in [3.05, 3.63) is 96.1 Å². The predicted octanol–water partition coefficient (Wildman–Crippen LogP) is 6.17. The number of hydrogen-bond acceptors (Lipinski definition) is 4. The molecule has 132 valence electrons. The zero-order chi connectivity index (χ0) is 19.3. The smallest absolute Gasteiger partial charge is 0.170 e. The zero-order valence-corrected chi connectivity index (χ0v) is 14.8. The minimum atomic E-state index is 0.563. The predicted molar refractivity (Wildman–Crippen MR) is 106 cm³/mol. The summed E-state index contributed by atoms with van der Waals surface area (Å²) in [6.07, 6.45) is 0. The van der Waals surface area contributed by atoms with Crippen molar-refractivity contribution in [1.82, 2.24) is 0 Å². The second kappa shape index (κ2) is 7.53. The lowest BCUT2D eigenvalue weighted by molar-refractivity contribution is 0.420. The average Bonchev–Trinajstić information content (AvgIpc) is 2.75. The first-order valence-corrected chi connectivity index (χ1v) is 8.64. The summed E-state index contributed by atoms with van der Waals surface area (Å²) in [5.74, 6) is 2.35. The number of nitriles is 2. The number of ether oxygens (including phenoxy) is 2. The lowest BCUT2D eigenvalue weighted by Crippen LogP contribution is -1.91. The van der Waals surface area contributed by atoms with Gasteiger partial charge in [-0.05, 0) is 71.4 Å². The van der Waals surface area contributed by atoms with Crippen molar-refractivity contribution >= 4 is 10.8 Å². The maximum atomic E-state index is 8.95. The summed E-state index contributed by atoms with van der Waals surface area (Å²) in [6.45, 7) is 0. The van der Waals surface area contributed by atoms with Gasteiger partial charge in [0.05, 0.1) is 23.3 Å². The molecule has 0 saturated carbocycles. The summed E-state index contributed by atoms with van der Waals surface area (Å²) < 4.78 is 12.1. The average molecular weight is 362 g/mol. The fourth-order valence-corrected chi connectivity index (χ4v) is 2.81. The van der Waals surface area contributed by atoms with Crippen LogP contribution in [0.1, 0.15) is 11.1 Å². The van der Waals surface area contributed by atoms with Crippen molar-refractivity contribution < 1.29 is 9.47 Å². The van der Waals surface area contributed by atoms with Gasteiger partial charge >= 0.3 is 0 Å². The first kappa shape index (κ1) is 17.1. The van der Waals surface area contributed by atoms with Crippen molar-refractivity contribution in [2.24, 2.45) is 0 Å². The highest BCUT2D eigenvalue weighted by Gasteiger charge is 2.11. The van der Waals surface area contributed by atoms with Gasteiger partial charge in [0.15, 0.2) is 11.5 Å². The summed E-state index contributed by atoms with van der Waals surface area (Å²) in [5.41, 5.74) is 1.14. The third-order valence-electron chi connectivity index (χ3n) is 4.23. The molecule has 0 spiro atoms. The number of nitrogens with zero attached hydrogens (tertiary/aromatic N) is 2. The molecule has 0 heterocycles. The van der Waals surface area contributed by atoms with Crippen LogP contribution in [-0.2, 0) is 0 Å². The minimum Gasteiger partial charge on any atom is -0.453 e. The third kappa shape index (κ3) is 3.62. The van der Waals surface area contributed by atoms with Gasteiger partial charge in [-0.2, -0.15) is 10.5 Å². The molecule has 4 nitrogen and oxygen atoms in total. The van der Waals surface area contributed by atoms with E-state index in [1.807, 2.05) is 36.4 Å². The van der Waals surface area contributed by atoms with E-state index in [0.29, 0.717) is 34.1 Å². The van der Waals surface area contributed by atoms with Crippen LogP contribution in [0.15, 0.2) is 84.9 Å². The molecule has 4 rings (SSSR count). The van der Waals surface area contributed by atoms with Crippen LogP contribution < -0.4 is 9.47 Å². The van der Waals surface area contributed by atoms with Crippen molar-refractivity contribution in [3.8, 4) is 35.1 Å². The number of benzene rings is 4. The van der Waals surface area contributed by atoms with Crippen LogP contribution in [0.4, 0.5) is 0 Å².